The van der Waals surface area contributed by atoms with Gasteiger partial charge in [-0.3, -0.25) is 4.98 Å². The molecule has 1 unspecified atom stereocenters. The average molecular weight is 421 g/mol. The van der Waals surface area contributed by atoms with Crippen molar-refractivity contribution >= 4 is 0 Å². The van der Waals surface area contributed by atoms with Crippen LogP contribution in [-0.2, 0) is 18.1 Å². The van der Waals surface area contributed by atoms with Crippen molar-refractivity contribution in [1.29, 1.82) is 0 Å². The van der Waals surface area contributed by atoms with Crippen molar-refractivity contribution in [3.63, 3.8) is 0 Å². The summed E-state index contributed by atoms with van der Waals surface area (Å²) in [6, 6.07) is 4.02. The molecule has 3 rings (SSSR count). The number of aliphatic hydroxyl groups is 1. The van der Waals surface area contributed by atoms with Crippen LogP contribution in [0.2, 0.25) is 0 Å². The number of alkyl halides is 2. The minimum Gasteiger partial charge on any atom is -0.479 e. The van der Waals surface area contributed by atoms with E-state index in [1.54, 1.807) is 6.92 Å². The molecule has 30 heavy (non-hydrogen) atoms. The molecule has 1 atom stereocenters. The number of pyridine rings is 1. The number of ether oxygens (including phenoxy) is 1. The van der Waals surface area contributed by atoms with Gasteiger partial charge in [0.25, 0.3) is 0 Å². The second-order valence-corrected chi connectivity index (χ2v) is 6.12. The minimum atomic E-state index is -4.14. The van der Waals surface area contributed by atoms with E-state index in [4.69, 9.17) is 4.74 Å². The highest BCUT2D eigenvalue weighted by Gasteiger charge is 2.58. The van der Waals surface area contributed by atoms with Crippen LogP contribution in [0.4, 0.5) is 17.6 Å². The highest BCUT2D eigenvalue weighted by molar-refractivity contribution is 5.32. The number of tetrazole rings is 1. The van der Waals surface area contributed by atoms with Gasteiger partial charge in [-0.2, -0.15) is 13.6 Å². The van der Waals surface area contributed by atoms with E-state index in [0.717, 1.165) is 30.7 Å². The van der Waals surface area contributed by atoms with Gasteiger partial charge < -0.3 is 9.84 Å². The van der Waals surface area contributed by atoms with Gasteiger partial charge in [-0.25, -0.2) is 8.78 Å². The third kappa shape index (κ3) is 4.08. The second kappa shape index (κ2) is 8.46. The zero-order valence-corrected chi connectivity index (χ0v) is 15.6. The molecular formula is C19H15F4N5O2. The van der Waals surface area contributed by atoms with Crippen LogP contribution >= 0.6 is 0 Å². The topological polar surface area (TPSA) is 86.0 Å². The van der Waals surface area contributed by atoms with E-state index in [1.165, 1.54) is 6.07 Å². The molecule has 156 valence electrons. The maximum atomic E-state index is 15.5. The summed E-state index contributed by atoms with van der Waals surface area (Å²) in [4.78, 5) is 4.32. The first-order valence-corrected chi connectivity index (χ1v) is 8.53. The summed E-state index contributed by atoms with van der Waals surface area (Å²) < 4.78 is 63.9. The average Bonchev–Trinajstić information content (AvgIpc) is 3.21. The first-order valence-electron chi connectivity index (χ1n) is 8.53. The molecule has 0 spiro atoms. The Balaban J connectivity index is 2.03. The molecule has 7 nitrogen and oxygen atoms in total. The highest BCUT2D eigenvalue weighted by Crippen LogP contribution is 2.46. The van der Waals surface area contributed by atoms with Gasteiger partial charge in [0.05, 0.1) is 6.20 Å². The van der Waals surface area contributed by atoms with Gasteiger partial charge in [0.2, 0.25) is 0 Å². The maximum Gasteiger partial charge on any atom is 0.323 e. The molecule has 0 aliphatic carbocycles. The van der Waals surface area contributed by atoms with E-state index in [2.05, 4.69) is 32.2 Å². The molecule has 0 amide bonds. The van der Waals surface area contributed by atoms with Crippen LogP contribution in [0.1, 0.15) is 18.2 Å². The molecule has 1 aromatic carbocycles. The summed E-state index contributed by atoms with van der Waals surface area (Å²) >= 11 is 0. The lowest BCUT2D eigenvalue weighted by Crippen LogP contribution is -2.48. The lowest BCUT2D eigenvalue weighted by Gasteiger charge is -2.35. The maximum absolute atomic E-state index is 15.5. The van der Waals surface area contributed by atoms with Crippen molar-refractivity contribution in [1.82, 2.24) is 25.2 Å². The minimum absolute atomic E-state index is 0.0383. The lowest BCUT2D eigenvalue weighted by atomic mass is 9.84. The summed E-state index contributed by atoms with van der Waals surface area (Å²) in [5.74, 6) is -1.07. The van der Waals surface area contributed by atoms with Crippen molar-refractivity contribution < 1.29 is 27.4 Å². The summed E-state index contributed by atoms with van der Waals surface area (Å²) in [6.07, 6.45) is 1.99. The quantitative estimate of drug-likeness (QED) is 0.466. The van der Waals surface area contributed by atoms with E-state index < -0.39 is 41.0 Å². The third-order valence-electron chi connectivity index (χ3n) is 4.20. The Kier molecular flexibility index (Phi) is 5.98. The molecule has 0 aliphatic rings. The molecule has 0 saturated heterocycles. The predicted molar refractivity (Wildman–Crippen MR) is 95.1 cm³/mol. The lowest BCUT2D eigenvalue weighted by molar-refractivity contribution is -0.209. The van der Waals surface area contributed by atoms with E-state index >= 15 is 8.78 Å². The third-order valence-corrected chi connectivity index (χ3v) is 4.20. The number of hydrogen-bond acceptors (Lipinski definition) is 6. The van der Waals surface area contributed by atoms with Crippen LogP contribution < -0.4 is 4.74 Å². The Morgan fingerprint density at radius 3 is 2.60 bits per heavy atom. The monoisotopic (exact) mass is 421 g/mol. The van der Waals surface area contributed by atoms with Gasteiger partial charge in [0.1, 0.15) is 36.2 Å². The standard InChI is InChI=1S/C19H15F4N5O2/c1-2-3-8-30-14-5-7-17(24-10-14)19(22,23)18(29,11-28-26-12-25-27-28)15-6-4-13(20)9-16(15)21/h4-7,9-10,12,29H,8,11H2,1H3. The van der Waals surface area contributed by atoms with Crippen LogP contribution in [0.3, 0.4) is 0 Å². The smallest absolute Gasteiger partial charge is 0.323 e. The molecule has 0 radical (unpaired) electrons. The van der Waals surface area contributed by atoms with Crippen LogP contribution in [0.15, 0.2) is 42.9 Å². The van der Waals surface area contributed by atoms with E-state index in [9.17, 15) is 13.9 Å². The Labute approximate surface area is 168 Å². The van der Waals surface area contributed by atoms with Gasteiger partial charge >= 0.3 is 5.92 Å². The van der Waals surface area contributed by atoms with E-state index in [1.807, 2.05) is 0 Å². The molecule has 11 heteroatoms. The molecule has 3 aromatic rings. The molecule has 2 aromatic heterocycles. The number of benzene rings is 1. The molecule has 0 saturated carbocycles. The zero-order chi connectivity index (χ0) is 21.8. The largest absolute Gasteiger partial charge is 0.479 e. The highest BCUT2D eigenvalue weighted by atomic mass is 19.3. The van der Waals surface area contributed by atoms with Crippen molar-refractivity contribution in [2.45, 2.75) is 25.0 Å². The van der Waals surface area contributed by atoms with Crippen LogP contribution in [-0.4, -0.2) is 36.9 Å². The Hall–Kier alpha value is -3.52. The molecule has 2 heterocycles. The second-order valence-electron chi connectivity index (χ2n) is 6.12. The van der Waals surface area contributed by atoms with Crippen molar-refractivity contribution in [3.8, 4) is 17.6 Å². The number of nitrogens with zero attached hydrogens (tertiary/aromatic N) is 5. The van der Waals surface area contributed by atoms with Crippen molar-refractivity contribution in [2.75, 3.05) is 6.61 Å². The predicted octanol–water partition coefficient (Wildman–Crippen LogP) is 2.43. The first kappa shape index (κ1) is 21.2. The summed E-state index contributed by atoms with van der Waals surface area (Å²) in [6.45, 7) is 0.676. The Morgan fingerprint density at radius 2 is 2.00 bits per heavy atom. The normalized spacial score (nSPS) is 13.3. The van der Waals surface area contributed by atoms with Crippen molar-refractivity contribution in [2.24, 2.45) is 0 Å². The molecular weight excluding hydrogens is 406 g/mol. The molecule has 0 fully saturated rings. The van der Waals surface area contributed by atoms with E-state index in [-0.39, 0.29) is 12.4 Å². The molecule has 1 N–H and O–H groups in total. The molecule has 0 aliphatic heterocycles. The number of rotatable bonds is 7. The molecule has 0 bridgehead atoms. The van der Waals surface area contributed by atoms with Crippen molar-refractivity contribution in [3.05, 3.63) is 65.7 Å². The van der Waals surface area contributed by atoms with E-state index in [0.29, 0.717) is 10.9 Å². The fourth-order valence-corrected chi connectivity index (χ4v) is 2.70. The Bertz CT molecular complexity index is 1060. The number of hydrogen-bond donors (Lipinski definition) is 1. The van der Waals surface area contributed by atoms with Crippen LogP contribution in [0.5, 0.6) is 5.75 Å². The number of halogens is 4. The summed E-state index contributed by atoms with van der Waals surface area (Å²) in [7, 11) is 0. The SMILES string of the molecule is CC#CCOc1ccc(C(F)(F)C(O)(Cn2ncnn2)c2ccc(F)cc2F)nc1. The van der Waals surface area contributed by atoms with Gasteiger partial charge in [-0.05, 0) is 36.4 Å². The van der Waals surface area contributed by atoms with Crippen LogP contribution in [0, 0.1) is 23.5 Å². The van der Waals surface area contributed by atoms with Gasteiger partial charge in [-0.1, -0.05) is 5.92 Å². The van der Waals surface area contributed by atoms with Gasteiger partial charge in [0, 0.05) is 11.6 Å². The first-order chi connectivity index (χ1) is 14.3. The van der Waals surface area contributed by atoms with Gasteiger partial charge in [0.15, 0.2) is 11.9 Å². The van der Waals surface area contributed by atoms with Crippen LogP contribution in [0.25, 0.3) is 0 Å². The summed E-state index contributed by atoms with van der Waals surface area (Å²) in [5.41, 5.74) is -4.94. The van der Waals surface area contributed by atoms with Gasteiger partial charge in [-0.15, -0.1) is 16.1 Å². The number of aromatic nitrogens is 5. The fraction of sp³-hybridized carbons (Fsp3) is 0.263. The Morgan fingerprint density at radius 1 is 1.20 bits per heavy atom. The fourth-order valence-electron chi connectivity index (χ4n) is 2.70. The summed E-state index contributed by atoms with van der Waals surface area (Å²) in [5, 5.41) is 21.4. The zero-order valence-electron chi connectivity index (χ0n) is 15.6.